The topological polar surface area (TPSA) is 28.2 Å². The molecule has 0 bridgehead atoms. The molecular formula is C14H19N3S. The monoisotopic (exact) mass is 261 g/mol. The average molecular weight is 261 g/mol. The lowest BCUT2D eigenvalue weighted by Gasteiger charge is -2.16. The number of nitrogens with zero attached hydrogens (tertiary/aromatic N) is 2. The molecule has 2 heterocycles. The highest BCUT2D eigenvalue weighted by atomic mass is 32.1. The zero-order chi connectivity index (χ0) is 12.6. The van der Waals surface area contributed by atoms with Crippen LogP contribution >= 0.6 is 11.3 Å². The van der Waals surface area contributed by atoms with Gasteiger partial charge in [-0.15, -0.1) is 11.3 Å². The number of aromatic nitrogens is 1. The quantitative estimate of drug-likeness (QED) is 0.776. The summed E-state index contributed by atoms with van der Waals surface area (Å²) in [7, 11) is 2.14. The van der Waals surface area contributed by atoms with Crippen LogP contribution in [-0.2, 0) is 13.1 Å². The van der Waals surface area contributed by atoms with Crippen LogP contribution in [0.1, 0.15) is 10.4 Å². The molecule has 2 rings (SSSR count). The Morgan fingerprint density at radius 3 is 3.00 bits per heavy atom. The minimum Gasteiger partial charge on any atom is -0.311 e. The number of pyridine rings is 1. The minimum absolute atomic E-state index is 0.953. The second kappa shape index (κ2) is 7.26. The highest BCUT2D eigenvalue weighted by Crippen LogP contribution is 2.07. The van der Waals surface area contributed by atoms with Crippen molar-refractivity contribution in [1.82, 2.24) is 15.2 Å². The molecule has 0 fully saturated rings. The third kappa shape index (κ3) is 4.56. The van der Waals surface area contributed by atoms with Crippen LogP contribution in [-0.4, -0.2) is 30.0 Å². The van der Waals surface area contributed by atoms with Crippen LogP contribution in [0.3, 0.4) is 0 Å². The molecule has 0 amide bonds. The van der Waals surface area contributed by atoms with Crippen molar-refractivity contribution >= 4 is 11.3 Å². The molecule has 0 unspecified atom stereocenters. The van der Waals surface area contributed by atoms with E-state index in [2.05, 4.69) is 45.8 Å². The molecule has 0 radical (unpaired) electrons. The molecule has 0 aliphatic rings. The van der Waals surface area contributed by atoms with Crippen LogP contribution in [0.2, 0.25) is 0 Å². The predicted molar refractivity (Wildman–Crippen MR) is 76.6 cm³/mol. The summed E-state index contributed by atoms with van der Waals surface area (Å²) in [6.45, 7) is 3.97. The SMILES string of the molecule is CN(CCNCc1cccs1)Cc1cccnc1. The van der Waals surface area contributed by atoms with Gasteiger partial charge in [0.2, 0.25) is 0 Å². The number of hydrogen-bond acceptors (Lipinski definition) is 4. The Labute approximate surface area is 112 Å². The zero-order valence-electron chi connectivity index (χ0n) is 10.7. The number of rotatable bonds is 7. The van der Waals surface area contributed by atoms with Crippen LogP contribution in [0.25, 0.3) is 0 Å². The molecule has 0 atom stereocenters. The Kier molecular flexibility index (Phi) is 5.33. The summed E-state index contributed by atoms with van der Waals surface area (Å²) in [5.41, 5.74) is 1.26. The van der Waals surface area contributed by atoms with Crippen LogP contribution in [0.15, 0.2) is 42.0 Å². The van der Waals surface area contributed by atoms with Crippen LogP contribution in [0.4, 0.5) is 0 Å². The maximum absolute atomic E-state index is 4.13. The number of hydrogen-bond donors (Lipinski definition) is 1. The fourth-order valence-corrected chi connectivity index (χ4v) is 2.45. The van der Waals surface area contributed by atoms with E-state index in [0.717, 1.165) is 26.2 Å². The average Bonchev–Trinajstić information content (AvgIpc) is 2.89. The van der Waals surface area contributed by atoms with Gasteiger partial charge in [-0.05, 0) is 30.1 Å². The lowest BCUT2D eigenvalue weighted by atomic mass is 10.3. The van der Waals surface area contributed by atoms with Crippen molar-refractivity contribution in [3.8, 4) is 0 Å². The van der Waals surface area contributed by atoms with E-state index in [-0.39, 0.29) is 0 Å². The maximum atomic E-state index is 4.13. The van der Waals surface area contributed by atoms with Crippen molar-refractivity contribution in [2.45, 2.75) is 13.1 Å². The summed E-state index contributed by atoms with van der Waals surface area (Å²) in [6, 6.07) is 8.36. The molecular weight excluding hydrogens is 242 g/mol. The zero-order valence-corrected chi connectivity index (χ0v) is 11.5. The Hall–Kier alpha value is -1.23. The van der Waals surface area contributed by atoms with Gasteiger partial charge in [-0.1, -0.05) is 12.1 Å². The normalized spacial score (nSPS) is 11.0. The third-order valence-electron chi connectivity index (χ3n) is 2.72. The first-order valence-electron chi connectivity index (χ1n) is 6.15. The lowest BCUT2D eigenvalue weighted by Crippen LogP contribution is -2.28. The molecule has 18 heavy (non-hydrogen) atoms. The predicted octanol–water partition coefficient (Wildman–Crippen LogP) is 2.36. The summed E-state index contributed by atoms with van der Waals surface area (Å²) in [5, 5.41) is 5.57. The van der Waals surface area contributed by atoms with Crippen molar-refractivity contribution in [3.05, 3.63) is 52.5 Å². The molecule has 0 spiro atoms. The highest BCUT2D eigenvalue weighted by Gasteiger charge is 2.00. The Morgan fingerprint density at radius 1 is 1.33 bits per heavy atom. The van der Waals surface area contributed by atoms with E-state index >= 15 is 0 Å². The second-order valence-corrected chi connectivity index (χ2v) is 5.39. The fraction of sp³-hybridized carbons (Fsp3) is 0.357. The standard InChI is InChI=1S/C14H19N3S/c1-17(12-13-4-2-6-15-10-13)8-7-16-11-14-5-3-9-18-14/h2-6,9-10,16H,7-8,11-12H2,1H3. The van der Waals surface area contributed by atoms with Crippen molar-refractivity contribution in [3.63, 3.8) is 0 Å². The summed E-state index contributed by atoms with van der Waals surface area (Å²) in [4.78, 5) is 7.82. The minimum atomic E-state index is 0.953. The number of nitrogens with one attached hydrogen (secondary N) is 1. The smallest absolute Gasteiger partial charge is 0.0312 e. The van der Waals surface area contributed by atoms with Crippen molar-refractivity contribution in [2.75, 3.05) is 20.1 Å². The number of thiophene rings is 1. The van der Waals surface area contributed by atoms with Gasteiger partial charge in [0.1, 0.15) is 0 Å². The van der Waals surface area contributed by atoms with E-state index in [1.165, 1.54) is 10.4 Å². The lowest BCUT2D eigenvalue weighted by molar-refractivity contribution is 0.324. The first kappa shape index (κ1) is 13.2. The molecule has 2 aromatic rings. The molecule has 0 saturated heterocycles. The second-order valence-electron chi connectivity index (χ2n) is 4.36. The van der Waals surface area contributed by atoms with Gasteiger partial charge < -0.3 is 10.2 Å². The first-order chi connectivity index (χ1) is 8.84. The third-order valence-corrected chi connectivity index (χ3v) is 3.60. The van der Waals surface area contributed by atoms with E-state index in [1.807, 2.05) is 18.5 Å². The van der Waals surface area contributed by atoms with Crippen LogP contribution in [0, 0.1) is 0 Å². The van der Waals surface area contributed by atoms with Gasteiger partial charge in [-0.3, -0.25) is 4.98 Å². The molecule has 0 saturated carbocycles. The summed E-state index contributed by atoms with van der Waals surface area (Å²) in [6.07, 6.45) is 3.74. The highest BCUT2D eigenvalue weighted by molar-refractivity contribution is 7.09. The van der Waals surface area contributed by atoms with Crippen LogP contribution < -0.4 is 5.32 Å². The summed E-state index contributed by atoms with van der Waals surface area (Å²) in [5.74, 6) is 0. The van der Waals surface area contributed by atoms with Gasteiger partial charge in [0.15, 0.2) is 0 Å². The number of likely N-dealkylation sites (N-methyl/N-ethyl adjacent to an activating group) is 1. The molecule has 1 N–H and O–H groups in total. The van der Waals surface area contributed by atoms with Crippen molar-refractivity contribution < 1.29 is 0 Å². The summed E-state index contributed by atoms with van der Waals surface area (Å²) >= 11 is 1.80. The first-order valence-corrected chi connectivity index (χ1v) is 7.03. The Balaban J connectivity index is 1.62. The molecule has 4 heteroatoms. The van der Waals surface area contributed by atoms with E-state index in [4.69, 9.17) is 0 Å². The molecule has 3 nitrogen and oxygen atoms in total. The molecule has 0 aliphatic heterocycles. The van der Waals surface area contributed by atoms with Crippen molar-refractivity contribution in [1.29, 1.82) is 0 Å². The summed E-state index contributed by atoms with van der Waals surface area (Å²) < 4.78 is 0. The van der Waals surface area contributed by atoms with Gasteiger partial charge >= 0.3 is 0 Å². The molecule has 96 valence electrons. The van der Waals surface area contributed by atoms with Crippen molar-refractivity contribution in [2.24, 2.45) is 0 Å². The van der Waals surface area contributed by atoms with E-state index in [9.17, 15) is 0 Å². The van der Waals surface area contributed by atoms with Gasteiger partial charge in [0.25, 0.3) is 0 Å². The van der Waals surface area contributed by atoms with Gasteiger partial charge in [-0.25, -0.2) is 0 Å². The van der Waals surface area contributed by atoms with E-state index in [1.54, 1.807) is 11.3 Å². The molecule has 0 aromatic carbocycles. The van der Waals surface area contributed by atoms with Gasteiger partial charge in [0.05, 0.1) is 0 Å². The fourth-order valence-electron chi connectivity index (χ4n) is 1.78. The molecule has 2 aromatic heterocycles. The van der Waals surface area contributed by atoms with E-state index < -0.39 is 0 Å². The maximum Gasteiger partial charge on any atom is 0.0312 e. The Morgan fingerprint density at radius 2 is 2.28 bits per heavy atom. The van der Waals surface area contributed by atoms with E-state index in [0.29, 0.717) is 0 Å². The van der Waals surface area contributed by atoms with Gasteiger partial charge in [0, 0.05) is 43.4 Å². The van der Waals surface area contributed by atoms with Crippen LogP contribution in [0.5, 0.6) is 0 Å². The van der Waals surface area contributed by atoms with Gasteiger partial charge in [-0.2, -0.15) is 0 Å². The molecule has 0 aliphatic carbocycles. The Bertz CT molecular complexity index is 428. The largest absolute Gasteiger partial charge is 0.311 e.